The Morgan fingerprint density at radius 2 is 1.83 bits per heavy atom. The Kier molecular flexibility index (Phi) is 3.29. The monoisotopic (exact) mass is 334 g/mol. The molecule has 3 rings (SSSR count). The van der Waals surface area contributed by atoms with Crippen LogP contribution in [0.5, 0.6) is 11.5 Å². The summed E-state index contributed by atoms with van der Waals surface area (Å²) in [5.74, 6) is -4.26. The van der Waals surface area contributed by atoms with Gasteiger partial charge in [-0.3, -0.25) is 9.59 Å². The van der Waals surface area contributed by atoms with Crippen molar-refractivity contribution >= 4 is 17.5 Å². The predicted molar refractivity (Wildman–Crippen MR) is 77.6 cm³/mol. The number of carbonyl (C=O) groups is 3. The number of Topliss-reactive ketones (excluding diaryl/α,β-unsaturated/α-hetero) is 1. The molecule has 3 atom stereocenters. The molecule has 24 heavy (non-hydrogen) atoms. The molecule has 1 aromatic rings. The van der Waals surface area contributed by atoms with Crippen molar-refractivity contribution in [3.8, 4) is 11.5 Å². The van der Waals surface area contributed by atoms with E-state index in [9.17, 15) is 29.7 Å². The molecule has 1 aromatic carbocycles. The van der Waals surface area contributed by atoms with Crippen LogP contribution in [0.3, 0.4) is 0 Å². The molecule has 1 aliphatic carbocycles. The summed E-state index contributed by atoms with van der Waals surface area (Å²) in [7, 11) is 1.02. The maximum Gasteiger partial charge on any atom is 0.345 e. The third-order valence-corrected chi connectivity index (χ3v) is 4.27. The summed E-state index contributed by atoms with van der Waals surface area (Å²) in [4.78, 5) is 37.3. The Balaban J connectivity index is 2.18. The molecule has 0 amide bonds. The number of phenolic OH excluding ortho intramolecular Hbond substituents is 2. The van der Waals surface area contributed by atoms with Crippen LogP contribution >= 0.6 is 0 Å². The number of fused-ring (bicyclic) bond motifs is 1. The zero-order valence-electron chi connectivity index (χ0n) is 12.8. The number of ketones is 2. The normalized spacial score (nSPS) is 30.6. The fourth-order valence-corrected chi connectivity index (χ4v) is 3.09. The summed E-state index contributed by atoms with van der Waals surface area (Å²) in [6.07, 6.45) is 0.340. The van der Waals surface area contributed by atoms with E-state index in [4.69, 9.17) is 4.74 Å². The molecule has 0 saturated carbocycles. The first-order valence-electron chi connectivity index (χ1n) is 6.99. The highest BCUT2D eigenvalue weighted by molar-refractivity contribution is 6.30. The Labute approximate surface area is 135 Å². The standard InChI is InChI=1S/C16H14O8/c1-7-5-8(17)12(9(18)6-7)13(21)15-10(19)3-4-11(20)16(15,24-15)14(22)23-2/h3-6,11,17-18,20H,1-2H3/t11-,15-,16+/m0/s1. The largest absolute Gasteiger partial charge is 0.507 e. The zero-order chi connectivity index (χ0) is 17.9. The van der Waals surface area contributed by atoms with Crippen molar-refractivity contribution in [1.82, 2.24) is 0 Å². The van der Waals surface area contributed by atoms with Crippen molar-refractivity contribution in [3.05, 3.63) is 35.4 Å². The van der Waals surface area contributed by atoms with E-state index in [1.807, 2.05) is 0 Å². The van der Waals surface area contributed by atoms with E-state index < -0.39 is 51.9 Å². The van der Waals surface area contributed by atoms with Gasteiger partial charge in [0, 0.05) is 0 Å². The highest BCUT2D eigenvalue weighted by Gasteiger charge is 2.87. The number of aryl methyl sites for hydroxylation is 1. The third-order valence-electron chi connectivity index (χ3n) is 4.27. The van der Waals surface area contributed by atoms with Gasteiger partial charge >= 0.3 is 5.97 Å². The van der Waals surface area contributed by atoms with Crippen molar-refractivity contribution in [2.24, 2.45) is 0 Å². The van der Waals surface area contributed by atoms with E-state index in [0.717, 1.165) is 19.3 Å². The maximum atomic E-state index is 12.9. The average molecular weight is 334 g/mol. The number of methoxy groups -OCH3 is 1. The smallest absolute Gasteiger partial charge is 0.345 e. The maximum absolute atomic E-state index is 12.9. The Morgan fingerprint density at radius 3 is 2.38 bits per heavy atom. The molecular formula is C16H14O8. The van der Waals surface area contributed by atoms with E-state index >= 15 is 0 Å². The van der Waals surface area contributed by atoms with Gasteiger partial charge in [0.15, 0.2) is 5.78 Å². The molecule has 1 saturated heterocycles. The molecule has 1 heterocycles. The molecule has 8 nitrogen and oxygen atoms in total. The van der Waals surface area contributed by atoms with Crippen LogP contribution in [0.25, 0.3) is 0 Å². The van der Waals surface area contributed by atoms with Crippen LogP contribution in [-0.4, -0.2) is 57.3 Å². The molecule has 3 N–H and O–H groups in total. The third kappa shape index (κ3) is 1.72. The van der Waals surface area contributed by atoms with E-state index in [-0.39, 0.29) is 0 Å². The molecule has 1 fully saturated rings. The lowest BCUT2D eigenvalue weighted by Gasteiger charge is -2.22. The van der Waals surface area contributed by atoms with Crippen LogP contribution in [0.1, 0.15) is 15.9 Å². The second kappa shape index (κ2) is 4.89. The van der Waals surface area contributed by atoms with E-state index in [2.05, 4.69) is 4.74 Å². The van der Waals surface area contributed by atoms with Gasteiger partial charge in [0.25, 0.3) is 0 Å². The number of hydrogen-bond acceptors (Lipinski definition) is 8. The molecule has 126 valence electrons. The van der Waals surface area contributed by atoms with E-state index in [1.165, 1.54) is 12.1 Å². The average Bonchev–Trinajstić information content (AvgIpc) is 3.23. The number of ether oxygens (including phenoxy) is 2. The fourth-order valence-electron chi connectivity index (χ4n) is 3.09. The summed E-state index contributed by atoms with van der Waals surface area (Å²) in [6, 6.07) is 2.43. The second-order valence-electron chi connectivity index (χ2n) is 5.69. The molecule has 0 aromatic heterocycles. The van der Waals surface area contributed by atoms with Crippen molar-refractivity contribution in [2.45, 2.75) is 24.2 Å². The Bertz CT molecular complexity index is 787. The first-order valence-corrected chi connectivity index (χ1v) is 6.99. The molecule has 8 heteroatoms. The van der Waals surface area contributed by atoms with Crippen molar-refractivity contribution < 1.29 is 39.2 Å². The number of hydrogen-bond donors (Lipinski definition) is 3. The Morgan fingerprint density at radius 1 is 1.25 bits per heavy atom. The number of rotatable bonds is 3. The van der Waals surface area contributed by atoms with Crippen LogP contribution < -0.4 is 0 Å². The summed E-state index contributed by atoms with van der Waals surface area (Å²) in [5.41, 5.74) is -4.69. The number of phenols is 2. The predicted octanol–water partition coefficient (Wildman–Crippen LogP) is -0.230. The van der Waals surface area contributed by atoms with Crippen molar-refractivity contribution in [3.63, 3.8) is 0 Å². The number of benzene rings is 1. The second-order valence-corrected chi connectivity index (χ2v) is 5.69. The van der Waals surface area contributed by atoms with Crippen LogP contribution in [-0.2, 0) is 19.1 Å². The van der Waals surface area contributed by atoms with Crippen LogP contribution in [0.15, 0.2) is 24.3 Å². The van der Waals surface area contributed by atoms with E-state index in [0.29, 0.717) is 5.56 Å². The van der Waals surface area contributed by atoms with Gasteiger partial charge in [-0.1, -0.05) is 0 Å². The topological polar surface area (TPSA) is 134 Å². The minimum atomic E-state index is -2.38. The van der Waals surface area contributed by atoms with Gasteiger partial charge < -0.3 is 24.8 Å². The molecular weight excluding hydrogens is 320 g/mol. The molecule has 0 spiro atoms. The van der Waals surface area contributed by atoms with Gasteiger partial charge in [0.1, 0.15) is 23.2 Å². The molecule has 0 bridgehead atoms. The quantitative estimate of drug-likeness (QED) is 0.299. The zero-order valence-corrected chi connectivity index (χ0v) is 12.8. The summed E-state index contributed by atoms with van der Waals surface area (Å²) >= 11 is 0. The van der Waals surface area contributed by atoms with Gasteiger partial charge in [0.05, 0.1) is 7.11 Å². The molecule has 2 aliphatic rings. The van der Waals surface area contributed by atoms with Crippen molar-refractivity contribution in [1.29, 1.82) is 0 Å². The van der Waals surface area contributed by atoms with Gasteiger partial charge in [-0.25, -0.2) is 4.79 Å². The van der Waals surface area contributed by atoms with Crippen LogP contribution in [0, 0.1) is 6.92 Å². The highest BCUT2D eigenvalue weighted by atomic mass is 16.7. The number of carbonyl (C=O) groups excluding carboxylic acids is 3. The Hall–Kier alpha value is -2.71. The van der Waals surface area contributed by atoms with Gasteiger partial charge in [-0.2, -0.15) is 0 Å². The van der Waals surface area contributed by atoms with Crippen molar-refractivity contribution in [2.75, 3.05) is 7.11 Å². The minimum absolute atomic E-state index is 0.477. The first kappa shape index (κ1) is 16.2. The molecule has 0 unspecified atom stereocenters. The van der Waals surface area contributed by atoms with Gasteiger partial charge in [0.2, 0.25) is 17.0 Å². The number of aliphatic hydroxyl groups is 1. The van der Waals surface area contributed by atoms with E-state index in [1.54, 1.807) is 6.92 Å². The minimum Gasteiger partial charge on any atom is -0.507 e. The SMILES string of the molecule is COC(=O)[C@@]12O[C@]1(C(=O)c1c(O)cc(C)cc1O)C(=O)C=C[C@@H]2O. The summed E-state index contributed by atoms with van der Waals surface area (Å²) < 4.78 is 9.73. The molecule has 0 radical (unpaired) electrons. The lowest BCUT2D eigenvalue weighted by molar-refractivity contribution is -0.150. The highest BCUT2D eigenvalue weighted by Crippen LogP contribution is 2.57. The molecule has 1 aliphatic heterocycles. The summed E-state index contributed by atoms with van der Waals surface area (Å²) in [6.45, 7) is 1.58. The fraction of sp³-hybridized carbons (Fsp3) is 0.312. The summed E-state index contributed by atoms with van der Waals surface area (Å²) in [5, 5.41) is 30.1. The number of esters is 1. The lowest BCUT2D eigenvalue weighted by atomic mass is 9.75. The number of epoxide rings is 1. The lowest BCUT2D eigenvalue weighted by Crippen LogP contribution is -2.53. The first-order chi connectivity index (χ1) is 11.2. The van der Waals surface area contributed by atoms with Crippen LogP contribution in [0.4, 0.5) is 0 Å². The number of aromatic hydroxyl groups is 2. The number of aliphatic hydroxyl groups excluding tert-OH is 1. The van der Waals surface area contributed by atoms with Gasteiger partial charge in [-0.05, 0) is 36.8 Å². The van der Waals surface area contributed by atoms with Crippen LogP contribution in [0.2, 0.25) is 0 Å². The van der Waals surface area contributed by atoms with Gasteiger partial charge in [-0.15, -0.1) is 0 Å².